The molecule has 2 fully saturated rings. The van der Waals surface area contributed by atoms with E-state index in [2.05, 4.69) is 10.2 Å². The molecule has 3 heterocycles. The fraction of sp³-hybridized carbons (Fsp3) is 0.647. The van der Waals surface area contributed by atoms with E-state index in [1.807, 2.05) is 11.4 Å². The molecule has 24 heavy (non-hydrogen) atoms. The lowest BCUT2D eigenvalue weighted by Gasteiger charge is -2.27. The molecule has 0 saturated carbocycles. The number of thiophene rings is 1. The van der Waals surface area contributed by atoms with E-state index in [4.69, 9.17) is 0 Å². The standard InChI is InChI=1S/C17H23N2O2S2.ClH/c20-15-9-14(13-3-7-22-16(13)15)17(21)23-8-4-18-12(11-23)10-19-5-1-2-6-19;/h3,7,12,14,18H,1-2,4-6,8-11H2;1H/q+1;. The second kappa shape index (κ2) is 7.87. The molecule has 4 rings (SSSR count). The Morgan fingerprint density at radius 3 is 2.96 bits per heavy atom. The SMILES string of the molecule is Cl.O=C1CC(C(=O)[S+]2CCNC(CN3CCCC3)C2)c2ccsc21. The second-order valence-electron chi connectivity index (χ2n) is 6.73. The van der Waals surface area contributed by atoms with Crippen LogP contribution in [0.4, 0.5) is 0 Å². The number of fused-ring (bicyclic) bond motifs is 1. The molecule has 0 spiro atoms. The van der Waals surface area contributed by atoms with Crippen LogP contribution in [0.5, 0.6) is 0 Å². The van der Waals surface area contributed by atoms with Crippen molar-refractivity contribution in [1.82, 2.24) is 10.2 Å². The largest absolute Gasteiger partial charge is 0.339 e. The van der Waals surface area contributed by atoms with Gasteiger partial charge in [0.05, 0.1) is 21.8 Å². The molecule has 7 heteroatoms. The molecule has 4 nitrogen and oxygen atoms in total. The highest BCUT2D eigenvalue weighted by Gasteiger charge is 2.46. The van der Waals surface area contributed by atoms with Crippen molar-refractivity contribution in [2.75, 3.05) is 37.7 Å². The summed E-state index contributed by atoms with van der Waals surface area (Å²) >= 11 is 1.49. The van der Waals surface area contributed by atoms with E-state index in [9.17, 15) is 9.59 Å². The number of halogens is 1. The van der Waals surface area contributed by atoms with Crippen LogP contribution in [0.15, 0.2) is 11.4 Å². The fourth-order valence-corrected chi connectivity index (χ4v) is 7.10. The van der Waals surface area contributed by atoms with Gasteiger partial charge in [-0.05, 0) is 42.9 Å². The minimum Gasteiger partial charge on any atom is -0.304 e. The number of rotatable bonds is 3. The molecular formula is C17H24ClN2O2S2+. The molecule has 3 aliphatic rings. The number of ketones is 1. The van der Waals surface area contributed by atoms with Gasteiger partial charge >= 0.3 is 5.12 Å². The lowest BCUT2D eigenvalue weighted by molar-refractivity contribution is -0.112. The summed E-state index contributed by atoms with van der Waals surface area (Å²) in [5.41, 5.74) is 1.01. The zero-order valence-corrected chi connectivity index (χ0v) is 16.1. The lowest BCUT2D eigenvalue weighted by Crippen LogP contribution is -2.52. The van der Waals surface area contributed by atoms with Crippen molar-refractivity contribution in [2.45, 2.75) is 31.2 Å². The van der Waals surface area contributed by atoms with E-state index in [0.29, 0.717) is 17.6 Å². The Hall–Kier alpha value is -0.400. The van der Waals surface area contributed by atoms with Crippen LogP contribution >= 0.6 is 23.7 Å². The molecule has 1 aromatic rings. The molecule has 0 radical (unpaired) electrons. The minimum absolute atomic E-state index is 0. The second-order valence-corrected chi connectivity index (χ2v) is 9.77. The highest BCUT2D eigenvalue weighted by molar-refractivity contribution is 8.11. The maximum Gasteiger partial charge on any atom is 0.339 e. The number of hydrogen-bond acceptors (Lipinski definition) is 5. The molecule has 1 aromatic heterocycles. The Bertz CT molecular complexity index is 615. The van der Waals surface area contributed by atoms with E-state index < -0.39 is 0 Å². The van der Waals surface area contributed by atoms with Crippen LogP contribution in [-0.4, -0.2) is 59.5 Å². The molecule has 1 N–H and O–H groups in total. The van der Waals surface area contributed by atoms with Gasteiger partial charge in [0.25, 0.3) is 0 Å². The molecule has 3 atom stereocenters. The van der Waals surface area contributed by atoms with Gasteiger partial charge in [-0.15, -0.1) is 23.7 Å². The normalized spacial score (nSPS) is 30.2. The van der Waals surface area contributed by atoms with Crippen molar-refractivity contribution in [3.63, 3.8) is 0 Å². The zero-order chi connectivity index (χ0) is 15.8. The third-order valence-corrected chi connectivity index (χ3v) is 8.47. The van der Waals surface area contributed by atoms with Crippen molar-refractivity contribution in [1.29, 1.82) is 0 Å². The predicted molar refractivity (Wildman–Crippen MR) is 103 cm³/mol. The maximum absolute atomic E-state index is 13.0. The highest BCUT2D eigenvalue weighted by atomic mass is 35.5. The van der Waals surface area contributed by atoms with Gasteiger partial charge in [0.2, 0.25) is 0 Å². The number of likely N-dealkylation sites (tertiary alicyclic amines) is 1. The van der Waals surface area contributed by atoms with E-state index in [-0.39, 0.29) is 35.0 Å². The van der Waals surface area contributed by atoms with Crippen LogP contribution in [0.3, 0.4) is 0 Å². The summed E-state index contributed by atoms with van der Waals surface area (Å²) in [6.45, 7) is 4.42. The van der Waals surface area contributed by atoms with Crippen molar-refractivity contribution < 1.29 is 9.59 Å². The first-order valence-electron chi connectivity index (χ1n) is 8.50. The van der Waals surface area contributed by atoms with Crippen LogP contribution in [0.2, 0.25) is 0 Å². The molecule has 2 aliphatic heterocycles. The van der Waals surface area contributed by atoms with Crippen LogP contribution in [0.1, 0.15) is 40.4 Å². The quantitative estimate of drug-likeness (QED) is 0.806. The number of hydrogen-bond donors (Lipinski definition) is 1. The van der Waals surface area contributed by atoms with E-state index in [1.54, 1.807) is 0 Å². The molecule has 2 saturated heterocycles. The Labute approximate surface area is 156 Å². The molecule has 3 unspecified atom stereocenters. The molecule has 0 bridgehead atoms. The van der Waals surface area contributed by atoms with Crippen LogP contribution in [0, 0.1) is 0 Å². The summed E-state index contributed by atoms with van der Waals surface area (Å²) in [6, 6.07) is 2.42. The number of Topliss-reactive ketones (excluding diaryl/α,β-unsaturated/α-hetero) is 1. The van der Waals surface area contributed by atoms with Crippen LogP contribution < -0.4 is 5.32 Å². The van der Waals surface area contributed by atoms with Gasteiger partial charge in [-0.25, -0.2) is 4.79 Å². The van der Waals surface area contributed by atoms with Gasteiger partial charge in [0.1, 0.15) is 17.4 Å². The maximum atomic E-state index is 13.0. The third kappa shape index (κ3) is 3.58. The summed E-state index contributed by atoms with van der Waals surface area (Å²) in [4.78, 5) is 28.4. The van der Waals surface area contributed by atoms with Gasteiger partial charge in [-0.2, -0.15) is 0 Å². The minimum atomic E-state index is -0.191. The van der Waals surface area contributed by atoms with Crippen molar-refractivity contribution in [3.05, 3.63) is 21.9 Å². The highest BCUT2D eigenvalue weighted by Crippen LogP contribution is 2.38. The van der Waals surface area contributed by atoms with Gasteiger partial charge in [0, 0.05) is 19.5 Å². The molecule has 0 amide bonds. The predicted octanol–water partition coefficient (Wildman–Crippen LogP) is 2.05. The molecule has 1 aliphatic carbocycles. The van der Waals surface area contributed by atoms with Gasteiger partial charge < -0.3 is 10.2 Å². The van der Waals surface area contributed by atoms with Crippen LogP contribution in [0.25, 0.3) is 0 Å². The number of carbonyl (C=O) groups excluding carboxylic acids is 2. The first-order chi connectivity index (χ1) is 11.2. The first-order valence-corrected chi connectivity index (χ1v) is 10.9. The molecule has 0 aromatic carbocycles. The van der Waals surface area contributed by atoms with Crippen molar-refractivity contribution >= 4 is 45.5 Å². The fourth-order valence-electron chi connectivity index (χ4n) is 3.97. The summed E-state index contributed by atoms with van der Waals surface area (Å²) in [5, 5.41) is 5.88. The summed E-state index contributed by atoms with van der Waals surface area (Å²) < 4.78 is 0. The number of carbonyl (C=O) groups is 2. The molecular weight excluding hydrogens is 364 g/mol. The van der Waals surface area contributed by atoms with E-state index >= 15 is 0 Å². The Kier molecular flexibility index (Phi) is 6.03. The van der Waals surface area contributed by atoms with Crippen LogP contribution in [-0.2, 0) is 15.7 Å². The van der Waals surface area contributed by atoms with Crippen molar-refractivity contribution in [2.24, 2.45) is 0 Å². The Morgan fingerprint density at radius 1 is 1.38 bits per heavy atom. The number of nitrogens with zero attached hydrogens (tertiary/aromatic N) is 1. The van der Waals surface area contributed by atoms with Gasteiger partial charge in [-0.1, -0.05) is 0 Å². The Balaban J connectivity index is 0.00000169. The zero-order valence-electron chi connectivity index (χ0n) is 13.7. The average molecular weight is 388 g/mol. The van der Waals surface area contributed by atoms with Gasteiger partial charge in [0.15, 0.2) is 5.78 Å². The topological polar surface area (TPSA) is 49.4 Å². The van der Waals surface area contributed by atoms with Crippen molar-refractivity contribution in [3.8, 4) is 0 Å². The summed E-state index contributed by atoms with van der Waals surface area (Å²) in [6.07, 6.45) is 3.03. The third-order valence-electron chi connectivity index (χ3n) is 5.14. The van der Waals surface area contributed by atoms with E-state index in [1.165, 1.54) is 37.3 Å². The summed E-state index contributed by atoms with van der Waals surface area (Å²) in [5.74, 6) is 1.91. The summed E-state index contributed by atoms with van der Waals surface area (Å²) in [7, 11) is -0.191. The monoisotopic (exact) mass is 387 g/mol. The average Bonchev–Trinajstić information content (AvgIpc) is 3.27. The lowest BCUT2D eigenvalue weighted by atomic mass is 10.1. The van der Waals surface area contributed by atoms with Gasteiger partial charge in [-0.3, -0.25) is 4.79 Å². The smallest absolute Gasteiger partial charge is 0.304 e. The van der Waals surface area contributed by atoms with E-state index in [0.717, 1.165) is 35.0 Å². The molecule has 132 valence electrons. The number of nitrogens with one attached hydrogen (secondary N) is 1. The first kappa shape index (κ1) is 18.4. The Morgan fingerprint density at radius 2 is 2.17 bits per heavy atom.